The van der Waals surface area contributed by atoms with Crippen molar-refractivity contribution in [3.63, 3.8) is 0 Å². The van der Waals surface area contributed by atoms with Crippen LogP contribution in [0.25, 0.3) is 55.8 Å². The lowest BCUT2D eigenvalue weighted by atomic mass is 9.79. The number of benzene rings is 2. The summed E-state index contributed by atoms with van der Waals surface area (Å²) in [6.07, 6.45) is 20.8. The number of nitrogen functional groups attached to an aromatic ring is 2. The minimum Gasteiger partial charge on any atom is -0.459 e. The van der Waals surface area contributed by atoms with Gasteiger partial charge in [0.15, 0.2) is 17.0 Å². The molecule has 4 aliphatic heterocycles. The Bertz CT molecular complexity index is 5420. The Kier molecular flexibility index (Phi) is 38.2. The normalized spacial score (nSPS) is 25.6. The van der Waals surface area contributed by atoms with Crippen molar-refractivity contribution in [1.82, 2.24) is 79.8 Å². The van der Waals surface area contributed by atoms with E-state index in [1.165, 1.54) is 13.4 Å². The van der Waals surface area contributed by atoms with E-state index in [-0.39, 0.29) is 86.3 Å². The molecule has 1 unspecified atom stereocenters. The summed E-state index contributed by atoms with van der Waals surface area (Å²) >= 11 is 0. The Hall–Kier alpha value is -10.9. The number of hydrogen-bond donors (Lipinski definition) is 6. The third-order valence-corrected chi connectivity index (χ3v) is 26.6. The van der Waals surface area contributed by atoms with Crippen LogP contribution in [0, 0.1) is 29.6 Å². The van der Waals surface area contributed by atoms with Gasteiger partial charge < -0.3 is 94.3 Å². The van der Waals surface area contributed by atoms with Gasteiger partial charge in [-0.05, 0) is 144 Å². The number of hydrogen-bond acceptors (Lipinski definition) is 34. The van der Waals surface area contributed by atoms with Gasteiger partial charge in [0.2, 0.25) is 17.6 Å². The number of piperazine rings is 1. The predicted molar refractivity (Wildman–Crippen MR) is 509 cm³/mol. The van der Waals surface area contributed by atoms with Gasteiger partial charge in [0.05, 0.1) is 120 Å². The molecule has 3 saturated heterocycles. The number of aryl methyl sites for hydroxylation is 1. The highest BCUT2D eigenvalue weighted by molar-refractivity contribution is 6.39. The number of anilines is 3. The van der Waals surface area contributed by atoms with Crippen LogP contribution in [0.1, 0.15) is 150 Å². The number of Topliss-reactive ketones (excluding diaryl/α,β-unsaturated/α-hetero) is 3. The second kappa shape index (κ2) is 50.6. The fraction of sp³-hybridized carbons (Fsp3) is 0.592. The standard InChI is InChI=1S/C98H136N20O19/c1-62-18-11-10-12-19-63(2)82(127-7)54-74-26-23-67(6)98(126,137-74)91(123)94(124)116-31-15-13-22-78(116)95(125)135-83(55-80(119)64(3)49-66(5)89(122)90(129-9)88(121)65(4)48-62)75(99)50-68-24-27-77(84(51-68)128-8)118-79(58-107-111-118)70-21-17-20-69(52-70)72-56-103-97(104-57-72)114-35-33-113(34-36-114)59-73-60-115(112-109-73)37-39-131-41-43-133-45-47-134-46-44-132-42-40-130-38-29-85(120)102-30-14-16-32-117-93-86(92(100)105-61-106-93)87(110-117)71-25-28-81-76(53-71)108-96(101)136-81/h10-12,17-21,25,28,49,52-53,56-58,60-62,64-65,67-68,74-75,77-78,82-84,89-90,122,126H,13-16,22-24,26-27,29-48,50-51,54-55,59,99H2,1-9H3,(H2,101,108)(H,102,120)(H2,100,105,106)/b12-10?,18-11+,63-19?,66-49+/t62-,64-,65-,67-,68+,74+,75-,77?,78+,82+,83+,84-,89-,90+,98-/m1/s1. The number of ether oxygens (including phenoxy) is 10. The number of methoxy groups -OCH3 is 3. The number of amides is 2. The topological polar surface area (TPSA) is 492 Å². The fourth-order valence-corrected chi connectivity index (χ4v) is 18.7. The molecule has 137 heavy (non-hydrogen) atoms. The Balaban J connectivity index is 0.515. The van der Waals surface area contributed by atoms with Crippen LogP contribution in [0.2, 0.25) is 0 Å². The van der Waals surface area contributed by atoms with Crippen molar-refractivity contribution in [3.05, 3.63) is 127 Å². The molecule has 2 amide bonds. The summed E-state index contributed by atoms with van der Waals surface area (Å²) in [4.78, 5) is 114. The van der Waals surface area contributed by atoms with Crippen LogP contribution in [0.3, 0.4) is 0 Å². The van der Waals surface area contributed by atoms with E-state index in [0.717, 1.165) is 83.1 Å². The van der Waals surface area contributed by atoms with E-state index in [2.05, 4.69) is 56.8 Å². The molecule has 2 bridgehead atoms. The highest BCUT2D eigenvalue weighted by Gasteiger charge is 2.53. The first-order valence-electron chi connectivity index (χ1n) is 48.0. The summed E-state index contributed by atoms with van der Waals surface area (Å²) in [6, 6.07) is 11.2. The molecule has 10 heterocycles. The van der Waals surface area contributed by atoms with Gasteiger partial charge in [0.25, 0.3) is 17.7 Å². The summed E-state index contributed by atoms with van der Waals surface area (Å²) in [7, 11) is 4.60. The van der Waals surface area contributed by atoms with Crippen LogP contribution in [0.5, 0.6) is 0 Å². The zero-order valence-electron chi connectivity index (χ0n) is 80.2. The number of carbonyl (C=O) groups is 6. The zero-order valence-corrected chi connectivity index (χ0v) is 80.2. The first-order valence-corrected chi connectivity index (χ1v) is 48.0. The third-order valence-electron chi connectivity index (χ3n) is 26.6. The monoisotopic (exact) mass is 1900 g/mol. The van der Waals surface area contributed by atoms with Crippen molar-refractivity contribution in [2.75, 3.05) is 143 Å². The molecule has 4 fully saturated rings. The van der Waals surface area contributed by atoms with Crippen LogP contribution in [-0.4, -0.2) is 301 Å². The number of aromatic nitrogens is 13. The van der Waals surface area contributed by atoms with Gasteiger partial charge in [-0.25, -0.2) is 38.8 Å². The Morgan fingerprint density at radius 1 is 0.723 bits per heavy atom. The summed E-state index contributed by atoms with van der Waals surface area (Å²) in [5, 5.41) is 50.2. The number of nitrogens with zero attached hydrogens (tertiary/aromatic N) is 16. The summed E-state index contributed by atoms with van der Waals surface area (Å²) in [6.45, 7) is 20.0. The van der Waals surface area contributed by atoms with Gasteiger partial charge in [0.1, 0.15) is 53.5 Å². The number of unbranched alkanes of at least 4 members (excludes halogenated alkanes) is 1. The van der Waals surface area contributed by atoms with Crippen molar-refractivity contribution >= 4 is 75.0 Å². The Labute approximate surface area is 798 Å². The van der Waals surface area contributed by atoms with Gasteiger partial charge in [-0.2, -0.15) is 10.1 Å². The molecule has 9 N–H and O–H groups in total. The molecule has 8 aromatic rings. The van der Waals surface area contributed by atoms with Crippen LogP contribution < -0.4 is 27.4 Å². The summed E-state index contributed by atoms with van der Waals surface area (Å²) < 4.78 is 69.8. The van der Waals surface area contributed by atoms with E-state index < -0.39 is 83.8 Å². The van der Waals surface area contributed by atoms with Gasteiger partial charge >= 0.3 is 5.97 Å². The largest absolute Gasteiger partial charge is 0.459 e. The molecule has 6 aromatic heterocycles. The number of carbonyl (C=O) groups excluding carboxylic acids is 6. The Morgan fingerprint density at radius 3 is 2.20 bits per heavy atom. The molecule has 1 saturated carbocycles. The number of piperidine rings is 1. The number of cyclic esters (lactones) is 1. The lowest BCUT2D eigenvalue weighted by Crippen LogP contribution is -2.61. The predicted octanol–water partition coefficient (Wildman–Crippen LogP) is 8.56. The number of allylic oxidation sites excluding steroid dienone is 6. The van der Waals surface area contributed by atoms with Crippen LogP contribution in [0.4, 0.5) is 17.8 Å². The number of oxazole rings is 1. The average Bonchev–Trinajstić information content (AvgIpc) is 1.51. The highest BCUT2D eigenvalue weighted by atomic mass is 16.6. The fourth-order valence-electron chi connectivity index (χ4n) is 18.7. The number of nitrogens with two attached hydrogens (primary N) is 3. The maximum absolute atomic E-state index is 14.9. The maximum atomic E-state index is 14.9. The second-order valence-corrected chi connectivity index (χ2v) is 36.6. The van der Waals surface area contributed by atoms with Crippen molar-refractivity contribution in [2.24, 2.45) is 35.3 Å². The number of rotatable bonds is 36. The first kappa shape index (κ1) is 103. The van der Waals surface area contributed by atoms with Gasteiger partial charge in [0, 0.05) is 152 Å². The lowest BCUT2D eigenvalue weighted by molar-refractivity contribution is -0.265. The van der Waals surface area contributed by atoms with Crippen LogP contribution in [-0.2, 0) is 95.8 Å². The summed E-state index contributed by atoms with van der Waals surface area (Å²) in [5.41, 5.74) is 27.9. The molecule has 13 rings (SSSR count). The second-order valence-electron chi connectivity index (χ2n) is 36.6. The van der Waals surface area contributed by atoms with Crippen LogP contribution >= 0.6 is 0 Å². The molecule has 0 radical (unpaired) electrons. The van der Waals surface area contributed by atoms with E-state index in [1.807, 2.05) is 97.8 Å². The van der Waals surface area contributed by atoms with Gasteiger partial charge in [-0.3, -0.25) is 28.9 Å². The third kappa shape index (κ3) is 27.8. The number of fused-ring (bicyclic) bond motifs is 5. The molecular formula is C98H136N20O19. The molecule has 5 aliphatic rings. The highest BCUT2D eigenvalue weighted by Crippen LogP contribution is 2.42. The minimum atomic E-state index is -2.50. The van der Waals surface area contributed by atoms with Gasteiger partial charge in [-0.15, -0.1) is 10.2 Å². The SMILES string of the molecule is CO[C@H]1C[C@@H]2CC[C@@H](C)[C@@](O)(O2)C(=O)C(=O)N2CCCC[C@H]2C(=O)O[C@H]([C@H](N)C[C@@H]2CCC(n3nncc3-c3cccc(-c4cnc(N5CCN(Cc6cn(CCOCCOCCOCCOCCOCCC(=O)NCCCCn7nc(-c8ccc9oc(N)nc9c8)c8c(N)ncnc87)nn6)CC5)nc4)c3)[C@H](OC)C2)CC(=O)[C@H](C)/C=C(\C)[C@@H](O)[C@@H](OC)C(=O)[C@H](C)C[C@H](C)/C=C/C=CC=C1C. The van der Waals surface area contributed by atoms with E-state index >= 15 is 0 Å². The number of aliphatic hydroxyl groups excluding tert-OH is 1. The smallest absolute Gasteiger partial charge is 0.329 e. The maximum Gasteiger partial charge on any atom is 0.329 e. The minimum absolute atomic E-state index is 0.0212. The van der Waals surface area contributed by atoms with E-state index in [0.29, 0.717) is 189 Å². The number of aliphatic hydroxyl groups is 2. The molecule has 742 valence electrons. The van der Waals surface area contributed by atoms with Crippen LogP contribution in [0.15, 0.2) is 126 Å². The van der Waals surface area contributed by atoms with E-state index in [4.69, 9.17) is 84.1 Å². The molecular weight excluding hydrogens is 1760 g/mol. The van der Waals surface area contributed by atoms with Crippen molar-refractivity contribution < 1.29 is 90.8 Å². The van der Waals surface area contributed by atoms with Crippen molar-refractivity contribution in [1.29, 1.82) is 0 Å². The number of esters is 1. The van der Waals surface area contributed by atoms with Gasteiger partial charge in [-0.1, -0.05) is 92.8 Å². The Morgan fingerprint density at radius 2 is 1.46 bits per heavy atom. The molecule has 39 nitrogen and oxygen atoms in total. The zero-order chi connectivity index (χ0) is 97.1. The van der Waals surface area contributed by atoms with Crippen molar-refractivity contribution in [3.8, 4) is 33.6 Å². The molecule has 2 aromatic carbocycles. The van der Waals surface area contributed by atoms with E-state index in [9.17, 15) is 39.0 Å². The molecule has 1 aliphatic carbocycles. The molecule has 15 atom stereocenters. The molecule has 0 spiro atoms. The molecule has 39 heteroatoms. The summed E-state index contributed by atoms with van der Waals surface area (Å²) in [5.74, 6) is -7.63. The quantitative estimate of drug-likeness (QED) is 0.00926. The lowest BCUT2D eigenvalue weighted by Gasteiger charge is -2.42. The number of nitrogens with one attached hydrogen (secondary N) is 1. The van der Waals surface area contributed by atoms with Crippen molar-refractivity contribution in [2.45, 2.75) is 218 Å². The van der Waals surface area contributed by atoms with E-state index in [1.54, 1.807) is 69.6 Å². The number of ketones is 3. The first-order chi connectivity index (χ1) is 66.3. The average molecular weight is 1900 g/mol.